The second-order valence-corrected chi connectivity index (χ2v) is 17.1. The zero-order valence-electron chi connectivity index (χ0n) is 38.3. The lowest BCUT2D eigenvalue weighted by molar-refractivity contribution is 0.0971. The van der Waals surface area contributed by atoms with Gasteiger partial charge in [-0.15, -0.1) is 0 Å². The highest BCUT2D eigenvalue weighted by molar-refractivity contribution is 5.99. The lowest BCUT2D eigenvalue weighted by Gasteiger charge is -2.20. The molecule has 1 aliphatic carbocycles. The lowest BCUT2D eigenvalue weighted by atomic mass is 9.86. The van der Waals surface area contributed by atoms with Gasteiger partial charge in [-0.3, -0.25) is 19.2 Å². The van der Waals surface area contributed by atoms with E-state index in [0.29, 0.717) is 118 Å². The number of ketones is 4. The van der Waals surface area contributed by atoms with Crippen molar-refractivity contribution < 1.29 is 44.7 Å². The number of aliphatic hydroxyl groups excluding tert-OH is 1. The van der Waals surface area contributed by atoms with Gasteiger partial charge in [0.15, 0.2) is 23.1 Å². The van der Waals surface area contributed by atoms with Crippen molar-refractivity contribution in [2.24, 2.45) is 0 Å². The number of rotatable bonds is 20. The number of carbonyl (C=O) groups excluding carboxylic acids is 4. The maximum Gasteiger partial charge on any atom is 0.162 e. The van der Waals surface area contributed by atoms with Crippen LogP contribution in [-0.2, 0) is 25.7 Å². The van der Waals surface area contributed by atoms with Crippen LogP contribution in [0.25, 0.3) is 0 Å². The Morgan fingerprint density at radius 2 is 0.508 bits per heavy atom. The molecule has 0 heterocycles. The third-order valence-electron chi connectivity index (χ3n) is 11.9. The number of phenols is 4. The Morgan fingerprint density at radius 1 is 0.349 bits per heavy atom. The molecule has 0 amide bonds. The standard InChI is InChI=1S/C52H64O8.C2H6O/c1-5-9-13-17-45(53)33-21-37-29-39-23-34(46(54)18-14-10-6-2)25-41(50(39)58)31-43-27-36(48(56)20-16-12-8-4)28-44(52(43)60)32-42-26-35(47(55)19-15-11-7-3)24-40(51(42)59)30-38(22-33)49(37)57;1-2-3/h21-28,57-60H,5-20,29-32H2,1-4H3;3H,2H2,1H3. The van der Waals surface area contributed by atoms with Gasteiger partial charge in [-0.25, -0.2) is 0 Å². The summed E-state index contributed by atoms with van der Waals surface area (Å²) in [7, 11) is 0. The molecule has 8 bridgehead atoms. The van der Waals surface area contributed by atoms with Crippen LogP contribution in [0.3, 0.4) is 0 Å². The van der Waals surface area contributed by atoms with Crippen molar-refractivity contribution in [3.05, 3.63) is 115 Å². The second-order valence-electron chi connectivity index (χ2n) is 17.1. The molecule has 0 saturated carbocycles. The predicted molar refractivity (Wildman–Crippen MR) is 250 cm³/mol. The van der Waals surface area contributed by atoms with Crippen molar-refractivity contribution in [2.75, 3.05) is 6.61 Å². The minimum Gasteiger partial charge on any atom is -0.507 e. The van der Waals surface area contributed by atoms with Crippen LogP contribution in [-0.4, -0.2) is 55.3 Å². The number of Topliss-reactive ketones (excluding diaryl/α,β-unsaturated/α-hetero) is 4. The summed E-state index contributed by atoms with van der Waals surface area (Å²) in [5.74, 6) is -0.810. The zero-order chi connectivity index (χ0) is 46.1. The van der Waals surface area contributed by atoms with Gasteiger partial charge >= 0.3 is 0 Å². The third kappa shape index (κ3) is 13.9. The van der Waals surface area contributed by atoms with Gasteiger partial charge in [0.1, 0.15) is 23.0 Å². The Hall–Kier alpha value is -5.28. The molecule has 0 atom stereocenters. The van der Waals surface area contributed by atoms with Crippen molar-refractivity contribution in [1.82, 2.24) is 0 Å². The first-order chi connectivity index (χ1) is 30.3. The number of phenolic OH excluding ortho intramolecular Hbond substituents is 4. The molecule has 0 saturated heterocycles. The number of aromatic hydroxyl groups is 4. The fraction of sp³-hybridized carbons (Fsp3) is 0.481. The molecule has 4 aromatic rings. The molecule has 0 radical (unpaired) electrons. The summed E-state index contributed by atoms with van der Waals surface area (Å²) in [5, 5.41) is 55.5. The van der Waals surface area contributed by atoms with E-state index in [4.69, 9.17) is 5.11 Å². The first kappa shape index (κ1) is 50.4. The molecule has 9 nitrogen and oxygen atoms in total. The molecule has 5 rings (SSSR count). The molecule has 1 aliphatic rings. The molecule has 0 fully saturated rings. The number of fused-ring (bicyclic) bond motifs is 8. The number of unbranched alkanes of at least 4 members (excludes halogenated alkanes) is 8. The molecular weight excluding hydrogens is 793 g/mol. The fourth-order valence-corrected chi connectivity index (χ4v) is 8.30. The average Bonchev–Trinajstić information content (AvgIpc) is 3.26. The third-order valence-corrected chi connectivity index (χ3v) is 11.9. The molecule has 63 heavy (non-hydrogen) atoms. The number of hydrogen-bond donors (Lipinski definition) is 5. The van der Waals surface area contributed by atoms with Gasteiger partial charge in [0.25, 0.3) is 0 Å². The highest BCUT2D eigenvalue weighted by atomic mass is 16.3. The molecule has 9 heteroatoms. The maximum absolute atomic E-state index is 13.7. The minimum atomic E-state index is -0.109. The quantitative estimate of drug-likeness (QED) is 0.0377. The smallest absolute Gasteiger partial charge is 0.162 e. The molecule has 0 aliphatic heterocycles. The maximum atomic E-state index is 13.7. The van der Waals surface area contributed by atoms with Crippen LogP contribution in [0.2, 0.25) is 0 Å². The zero-order valence-corrected chi connectivity index (χ0v) is 38.3. The SMILES string of the molecule is CCCCCC(=O)c1cc2c(O)c(c1)Cc1cc(C(=O)CCCCC)cc(c1O)Cc1cc(C(=O)CCCCC)cc(c1O)Cc1cc(C(=O)CCCCC)cc(c1O)C2.CCO. The summed E-state index contributed by atoms with van der Waals surface area (Å²) < 4.78 is 0. The van der Waals surface area contributed by atoms with Crippen LogP contribution in [0.1, 0.15) is 223 Å². The topological polar surface area (TPSA) is 169 Å². The second kappa shape index (κ2) is 25.1. The summed E-state index contributed by atoms with van der Waals surface area (Å²) in [6.45, 7) is 10.2. The monoisotopic (exact) mass is 863 g/mol. The van der Waals surface area contributed by atoms with Crippen molar-refractivity contribution in [3.63, 3.8) is 0 Å². The largest absolute Gasteiger partial charge is 0.507 e. The Kier molecular flexibility index (Phi) is 20.1. The summed E-state index contributed by atoms with van der Waals surface area (Å²) in [6.07, 6.45) is 11.3. The van der Waals surface area contributed by atoms with Crippen LogP contribution >= 0.6 is 0 Å². The van der Waals surface area contributed by atoms with Gasteiger partial charge in [0.2, 0.25) is 0 Å². The van der Waals surface area contributed by atoms with E-state index in [2.05, 4.69) is 27.7 Å². The predicted octanol–water partition coefficient (Wildman–Crippen LogP) is 12.2. The molecule has 0 unspecified atom stereocenters. The number of carbonyl (C=O) groups is 4. The van der Waals surface area contributed by atoms with E-state index in [1.54, 1.807) is 55.5 Å². The van der Waals surface area contributed by atoms with E-state index >= 15 is 0 Å². The minimum absolute atomic E-state index is 0.0236. The number of aliphatic hydroxyl groups is 1. The Balaban J connectivity index is 0.00000282. The molecule has 0 aromatic heterocycles. The molecular formula is C54H70O9. The first-order valence-electron chi connectivity index (χ1n) is 23.4. The van der Waals surface area contributed by atoms with Gasteiger partial charge < -0.3 is 25.5 Å². The Morgan fingerprint density at radius 3 is 0.651 bits per heavy atom. The van der Waals surface area contributed by atoms with E-state index in [9.17, 15) is 39.6 Å². The van der Waals surface area contributed by atoms with Gasteiger partial charge in [-0.2, -0.15) is 0 Å². The van der Waals surface area contributed by atoms with Gasteiger partial charge in [0, 0.05) is 80.2 Å². The summed E-state index contributed by atoms with van der Waals surface area (Å²) in [5.41, 5.74) is 4.51. The van der Waals surface area contributed by atoms with E-state index in [0.717, 1.165) is 51.4 Å². The van der Waals surface area contributed by atoms with Crippen LogP contribution < -0.4 is 0 Å². The van der Waals surface area contributed by atoms with E-state index in [1.807, 2.05) is 0 Å². The van der Waals surface area contributed by atoms with Gasteiger partial charge in [-0.1, -0.05) is 79.1 Å². The van der Waals surface area contributed by atoms with Crippen LogP contribution in [0.5, 0.6) is 23.0 Å². The van der Waals surface area contributed by atoms with E-state index in [1.165, 1.54) is 0 Å². The Labute approximate surface area is 374 Å². The van der Waals surface area contributed by atoms with Gasteiger partial charge in [-0.05, 0) is 126 Å². The van der Waals surface area contributed by atoms with E-state index < -0.39 is 0 Å². The average molecular weight is 863 g/mol. The van der Waals surface area contributed by atoms with Crippen LogP contribution in [0.15, 0.2) is 48.5 Å². The van der Waals surface area contributed by atoms with Gasteiger partial charge in [0.05, 0.1) is 0 Å². The normalized spacial score (nSPS) is 12.0. The molecule has 0 spiro atoms. The lowest BCUT2D eigenvalue weighted by Crippen LogP contribution is -2.08. The van der Waals surface area contributed by atoms with Crippen molar-refractivity contribution >= 4 is 23.1 Å². The summed E-state index contributed by atoms with van der Waals surface area (Å²) in [6, 6.07) is 13.2. The number of benzene rings is 4. The highest BCUT2D eigenvalue weighted by Crippen LogP contribution is 2.40. The fourth-order valence-electron chi connectivity index (χ4n) is 8.30. The summed E-state index contributed by atoms with van der Waals surface area (Å²) in [4.78, 5) is 54.9. The molecule has 340 valence electrons. The Bertz CT molecular complexity index is 1810. The van der Waals surface area contributed by atoms with Crippen molar-refractivity contribution in [1.29, 1.82) is 0 Å². The van der Waals surface area contributed by atoms with E-state index in [-0.39, 0.29) is 78.4 Å². The highest BCUT2D eigenvalue weighted by Gasteiger charge is 2.25. The summed E-state index contributed by atoms with van der Waals surface area (Å²) >= 11 is 0. The van der Waals surface area contributed by atoms with Crippen molar-refractivity contribution in [2.45, 2.75) is 163 Å². The van der Waals surface area contributed by atoms with Crippen molar-refractivity contribution in [3.8, 4) is 23.0 Å². The number of hydrogen-bond acceptors (Lipinski definition) is 9. The first-order valence-corrected chi connectivity index (χ1v) is 23.4. The van der Waals surface area contributed by atoms with Crippen LogP contribution in [0.4, 0.5) is 0 Å². The van der Waals surface area contributed by atoms with Crippen LogP contribution in [0, 0.1) is 0 Å². The molecule has 4 aromatic carbocycles. The molecule has 5 N–H and O–H groups in total.